The zero-order valence-electron chi connectivity index (χ0n) is 15.7. The van der Waals surface area contributed by atoms with Crippen molar-refractivity contribution in [1.82, 2.24) is 15.2 Å². The molecule has 3 heterocycles. The number of aromatic hydroxyl groups is 1. The molecule has 28 heavy (non-hydrogen) atoms. The van der Waals surface area contributed by atoms with Crippen LogP contribution in [0.4, 0.5) is 17.3 Å². The van der Waals surface area contributed by atoms with Gasteiger partial charge in [0, 0.05) is 45.0 Å². The van der Waals surface area contributed by atoms with Gasteiger partial charge in [-0.25, -0.2) is 4.98 Å². The molecule has 7 nitrogen and oxygen atoms in total. The number of benzene rings is 1. The maximum absolute atomic E-state index is 10.2. The first-order valence-electron chi connectivity index (χ1n) is 9.21. The van der Waals surface area contributed by atoms with Crippen molar-refractivity contribution in [2.75, 3.05) is 48.3 Å². The molecule has 2 N–H and O–H groups in total. The average molecular weight is 372 g/mol. The molecule has 0 bridgehead atoms. The van der Waals surface area contributed by atoms with E-state index >= 15 is 0 Å². The van der Waals surface area contributed by atoms with Gasteiger partial charge in [0.15, 0.2) is 5.82 Å². The molecule has 0 saturated carbocycles. The Hall–Kier alpha value is -3.29. The lowest BCUT2D eigenvalue weighted by atomic mass is 9.99. The van der Waals surface area contributed by atoms with Crippen LogP contribution in [0.25, 0.3) is 11.3 Å². The van der Waals surface area contributed by atoms with E-state index in [2.05, 4.69) is 30.3 Å². The van der Waals surface area contributed by atoms with Crippen molar-refractivity contribution >= 4 is 30.6 Å². The summed E-state index contributed by atoms with van der Waals surface area (Å²) in [5, 5.41) is 21.9. The quantitative estimate of drug-likeness (QED) is 0.671. The van der Waals surface area contributed by atoms with Gasteiger partial charge >= 0.3 is 0 Å². The molecule has 8 heteroatoms. The molecule has 0 aliphatic carbocycles. The van der Waals surface area contributed by atoms with E-state index in [9.17, 15) is 5.11 Å². The number of para-hydroxylation sites is 1. The Morgan fingerprint density at radius 2 is 1.75 bits per heavy atom. The number of phenolic OH excluding ortho intramolecular Hbond substituents is 1. The largest absolute Gasteiger partial charge is 0.507 e. The van der Waals surface area contributed by atoms with Gasteiger partial charge in [0.05, 0.1) is 11.4 Å². The second kappa shape index (κ2) is 7.76. The van der Waals surface area contributed by atoms with Gasteiger partial charge in [0.25, 0.3) is 0 Å². The van der Waals surface area contributed by atoms with E-state index in [4.69, 9.17) is 7.85 Å². The number of piperazine rings is 1. The summed E-state index contributed by atoms with van der Waals surface area (Å²) >= 11 is 0. The van der Waals surface area contributed by atoms with Crippen LogP contribution in [0.3, 0.4) is 0 Å². The van der Waals surface area contributed by atoms with Crippen LogP contribution in [0.2, 0.25) is 0 Å². The molecule has 4 rings (SSSR count). The van der Waals surface area contributed by atoms with Crippen LogP contribution in [0.15, 0.2) is 48.7 Å². The summed E-state index contributed by atoms with van der Waals surface area (Å²) in [7, 11) is 7.57. The van der Waals surface area contributed by atoms with Crippen molar-refractivity contribution in [3.05, 3.63) is 48.7 Å². The standard InChI is InChI=1S/C20H21BN6O/c1-22-20-17(12-16(24-25-20)15-4-2-3-5-18(15)28)26-8-10-27(11-9-26)19-7-6-14(21)13-23-19/h2-7,12-13,28H,8-11H2,1H3,(H,22,25). The second-order valence-corrected chi connectivity index (χ2v) is 6.65. The normalized spacial score (nSPS) is 14.2. The number of hydrogen-bond donors (Lipinski definition) is 2. The summed E-state index contributed by atoms with van der Waals surface area (Å²) in [5.74, 6) is 1.85. The number of aromatic nitrogens is 3. The molecule has 1 aromatic carbocycles. The Balaban J connectivity index is 1.56. The van der Waals surface area contributed by atoms with Crippen LogP contribution >= 0.6 is 0 Å². The summed E-state index contributed by atoms with van der Waals surface area (Å²) in [6.45, 7) is 3.34. The molecule has 0 spiro atoms. The van der Waals surface area contributed by atoms with Crippen LogP contribution in [0.1, 0.15) is 0 Å². The van der Waals surface area contributed by atoms with Crippen LogP contribution in [-0.4, -0.2) is 61.4 Å². The predicted molar refractivity (Wildman–Crippen MR) is 113 cm³/mol. The van der Waals surface area contributed by atoms with Crippen molar-refractivity contribution in [2.24, 2.45) is 0 Å². The van der Waals surface area contributed by atoms with E-state index in [0.717, 1.165) is 43.5 Å². The van der Waals surface area contributed by atoms with Crippen LogP contribution < -0.4 is 20.6 Å². The van der Waals surface area contributed by atoms with Gasteiger partial charge in [-0.05, 0) is 24.3 Å². The smallest absolute Gasteiger partial charge is 0.172 e. The van der Waals surface area contributed by atoms with Gasteiger partial charge in [-0.1, -0.05) is 23.7 Å². The van der Waals surface area contributed by atoms with Crippen molar-refractivity contribution in [3.8, 4) is 17.0 Å². The van der Waals surface area contributed by atoms with Crippen LogP contribution in [0, 0.1) is 0 Å². The first-order valence-corrected chi connectivity index (χ1v) is 9.21. The van der Waals surface area contributed by atoms with Gasteiger partial charge in [-0.15, -0.1) is 10.2 Å². The Bertz CT molecular complexity index is 957. The fraction of sp³-hybridized carbons (Fsp3) is 0.250. The average Bonchev–Trinajstić information content (AvgIpc) is 2.74. The highest BCUT2D eigenvalue weighted by molar-refractivity contribution is 6.32. The van der Waals surface area contributed by atoms with E-state index < -0.39 is 0 Å². The van der Waals surface area contributed by atoms with E-state index in [1.807, 2.05) is 37.4 Å². The van der Waals surface area contributed by atoms with Crippen molar-refractivity contribution < 1.29 is 5.11 Å². The second-order valence-electron chi connectivity index (χ2n) is 6.65. The van der Waals surface area contributed by atoms with Crippen LogP contribution in [-0.2, 0) is 0 Å². The van der Waals surface area contributed by atoms with E-state index in [1.165, 1.54) is 0 Å². The van der Waals surface area contributed by atoms with Gasteiger partial charge in [-0.3, -0.25) is 0 Å². The first-order chi connectivity index (χ1) is 13.7. The third kappa shape index (κ3) is 3.58. The van der Waals surface area contributed by atoms with Crippen molar-refractivity contribution in [2.45, 2.75) is 0 Å². The molecular formula is C20H21BN6O. The van der Waals surface area contributed by atoms with Crippen molar-refractivity contribution in [1.29, 1.82) is 0 Å². The number of rotatable bonds is 4. The molecule has 1 saturated heterocycles. The summed E-state index contributed by atoms with van der Waals surface area (Å²) in [6.07, 6.45) is 1.69. The van der Waals surface area contributed by atoms with E-state index in [1.54, 1.807) is 18.3 Å². The number of pyridine rings is 1. The lowest BCUT2D eigenvalue weighted by Gasteiger charge is -2.37. The minimum absolute atomic E-state index is 0.194. The van der Waals surface area contributed by atoms with Gasteiger partial charge < -0.3 is 20.2 Å². The monoisotopic (exact) mass is 372 g/mol. The highest BCUT2D eigenvalue weighted by atomic mass is 16.3. The number of hydrogen-bond acceptors (Lipinski definition) is 7. The van der Waals surface area contributed by atoms with E-state index in [-0.39, 0.29) is 5.75 Å². The summed E-state index contributed by atoms with van der Waals surface area (Å²) < 4.78 is 0. The van der Waals surface area contributed by atoms with E-state index in [0.29, 0.717) is 16.7 Å². The summed E-state index contributed by atoms with van der Waals surface area (Å²) in [6, 6.07) is 13.0. The summed E-state index contributed by atoms with van der Waals surface area (Å²) in [5.41, 5.74) is 2.96. The third-order valence-electron chi connectivity index (χ3n) is 4.91. The Morgan fingerprint density at radius 3 is 2.43 bits per heavy atom. The summed E-state index contributed by atoms with van der Waals surface area (Å²) in [4.78, 5) is 8.94. The van der Waals surface area contributed by atoms with Crippen LogP contribution in [0.5, 0.6) is 5.75 Å². The molecule has 3 aromatic rings. The fourth-order valence-electron chi connectivity index (χ4n) is 3.38. The minimum Gasteiger partial charge on any atom is -0.507 e. The highest BCUT2D eigenvalue weighted by Crippen LogP contribution is 2.32. The molecular weight excluding hydrogens is 351 g/mol. The zero-order chi connectivity index (χ0) is 19.5. The number of nitrogens with one attached hydrogen (secondary N) is 1. The third-order valence-corrected chi connectivity index (χ3v) is 4.91. The number of nitrogens with zero attached hydrogens (tertiary/aromatic N) is 5. The Labute approximate surface area is 165 Å². The first kappa shape index (κ1) is 18.1. The molecule has 2 radical (unpaired) electrons. The lowest BCUT2D eigenvalue weighted by molar-refractivity contribution is 0.477. The lowest BCUT2D eigenvalue weighted by Crippen LogP contribution is -2.47. The van der Waals surface area contributed by atoms with Crippen molar-refractivity contribution in [3.63, 3.8) is 0 Å². The SMILES string of the molecule is [B]c1ccc(N2CCN(c3cc(-c4ccccc4O)nnc3NC)CC2)nc1. The fourth-order valence-corrected chi connectivity index (χ4v) is 3.38. The molecule has 1 aliphatic rings. The maximum Gasteiger partial charge on any atom is 0.172 e. The maximum atomic E-state index is 10.2. The van der Waals surface area contributed by atoms with Gasteiger partial charge in [-0.2, -0.15) is 0 Å². The predicted octanol–water partition coefficient (Wildman–Crippen LogP) is 1.41. The molecule has 0 amide bonds. The molecule has 2 aromatic heterocycles. The Morgan fingerprint density at radius 1 is 1.00 bits per heavy atom. The molecule has 1 aliphatic heterocycles. The molecule has 1 fully saturated rings. The molecule has 0 unspecified atom stereocenters. The number of anilines is 3. The van der Waals surface area contributed by atoms with Gasteiger partial charge in [0.2, 0.25) is 0 Å². The zero-order valence-corrected chi connectivity index (χ0v) is 15.7. The van der Waals surface area contributed by atoms with Gasteiger partial charge in [0.1, 0.15) is 19.4 Å². The number of phenols is 1. The minimum atomic E-state index is 0.194. The highest BCUT2D eigenvalue weighted by Gasteiger charge is 2.22. The topological polar surface area (TPSA) is 77.4 Å². The molecule has 0 atom stereocenters. The molecule has 140 valence electrons. The Kier molecular flexibility index (Phi) is 5.01.